The Morgan fingerprint density at radius 1 is 0.727 bits per heavy atom. The van der Waals surface area contributed by atoms with Crippen LogP contribution >= 0.6 is 0 Å². The van der Waals surface area contributed by atoms with Crippen molar-refractivity contribution in [2.24, 2.45) is 17.3 Å². The molecule has 4 aliphatic rings. The monoisotopic (exact) mass is 150 g/mol. The summed E-state index contributed by atoms with van der Waals surface area (Å²) in [7, 11) is 0. The van der Waals surface area contributed by atoms with E-state index in [0.29, 0.717) is 0 Å². The van der Waals surface area contributed by atoms with Gasteiger partial charge in [0.15, 0.2) is 0 Å². The van der Waals surface area contributed by atoms with Crippen LogP contribution < -0.4 is 0 Å². The van der Waals surface area contributed by atoms with Gasteiger partial charge in [-0.3, -0.25) is 0 Å². The molecule has 0 aromatic heterocycles. The lowest BCUT2D eigenvalue weighted by molar-refractivity contribution is 0.0438. The summed E-state index contributed by atoms with van der Waals surface area (Å²) in [6, 6.07) is 0. The minimum atomic E-state index is 0.898. The van der Waals surface area contributed by atoms with Crippen LogP contribution in [0.3, 0.4) is 0 Å². The van der Waals surface area contributed by atoms with Crippen molar-refractivity contribution in [2.45, 2.75) is 51.4 Å². The first kappa shape index (κ1) is 6.51. The number of fused-ring (bicyclic) bond motifs is 3. The maximum absolute atomic E-state index is 1.60. The molecule has 4 saturated carbocycles. The van der Waals surface area contributed by atoms with E-state index >= 15 is 0 Å². The van der Waals surface area contributed by atoms with E-state index in [9.17, 15) is 0 Å². The lowest BCUT2D eigenvalue weighted by atomic mass is 9.58. The molecule has 4 aliphatic carbocycles. The fourth-order valence-electron chi connectivity index (χ4n) is 3.59. The molecule has 0 heterocycles. The van der Waals surface area contributed by atoms with E-state index in [1.165, 1.54) is 5.92 Å². The van der Waals surface area contributed by atoms with Gasteiger partial charge in [-0.2, -0.15) is 0 Å². The van der Waals surface area contributed by atoms with Crippen molar-refractivity contribution in [2.75, 3.05) is 0 Å². The SMILES string of the molecule is C1CC2(C3CC3)CCC1CC2. The number of rotatable bonds is 1. The molecule has 0 amide bonds. The average Bonchev–Trinajstić information content (AvgIpc) is 2.90. The molecule has 0 aromatic rings. The minimum Gasteiger partial charge on any atom is -0.0499 e. The Hall–Kier alpha value is 0. The average molecular weight is 150 g/mol. The molecule has 2 bridgehead atoms. The van der Waals surface area contributed by atoms with Crippen LogP contribution in [0.2, 0.25) is 0 Å². The van der Waals surface area contributed by atoms with Gasteiger partial charge >= 0.3 is 0 Å². The lowest BCUT2D eigenvalue weighted by Crippen LogP contribution is -2.35. The van der Waals surface area contributed by atoms with Crippen LogP contribution in [0.25, 0.3) is 0 Å². The number of hydrogen-bond donors (Lipinski definition) is 0. The molecule has 0 spiro atoms. The Balaban J connectivity index is 1.83. The maximum Gasteiger partial charge on any atom is -0.0269 e. The zero-order valence-electron chi connectivity index (χ0n) is 7.31. The van der Waals surface area contributed by atoms with Gasteiger partial charge in [0.1, 0.15) is 0 Å². The van der Waals surface area contributed by atoms with Crippen LogP contribution in [0.5, 0.6) is 0 Å². The molecule has 0 radical (unpaired) electrons. The van der Waals surface area contributed by atoms with Crippen molar-refractivity contribution in [3.8, 4) is 0 Å². The van der Waals surface area contributed by atoms with Crippen LogP contribution in [0, 0.1) is 17.3 Å². The van der Waals surface area contributed by atoms with Gasteiger partial charge in [-0.25, -0.2) is 0 Å². The molecule has 0 heteroatoms. The van der Waals surface area contributed by atoms with Crippen LogP contribution in [-0.4, -0.2) is 0 Å². The maximum atomic E-state index is 1.60. The lowest BCUT2D eigenvalue weighted by Gasteiger charge is -2.47. The summed E-state index contributed by atoms with van der Waals surface area (Å²) < 4.78 is 0. The van der Waals surface area contributed by atoms with E-state index < -0.39 is 0 Å². The van der Waals surface area contributed by atoms with Crippen molar-refractivity contribution in [3.05, 3.63) is 0 Å². The summed E-state index contributed by atoms with van der Waals surface area (Å²) in [4.78, 5) is 0. The van der Waals surface area contributed by atoms with Crippen molar-refractivity contribution in [1.82, 2.24) is 0 Å². The molecular weight excluding hydrogens is 132 g/mol. The van der Waals surface area contributed by atoms with Gasteiger partial charge in [0, 0.05) is 0 Å². The van der Waals surface area contributed by atoms with Gasteiger partial charge in [-0.05, 0) is 68.6 Å². The van der Waals surface area contributed by atoms with Gasteiger partial charge in [0.2, 0.25) is 0 Å². The van der Waals surface area contributed by atoms with E-state index in [-0.39, 0.29) is 0 Å². The third kappa shape index (κ3) is 0.878. The summed E-state index contributed by atoms with van der Waals surface area (Å²) in [5.41, 5.74) is 0.898. The Morgan fingerprint density at radius 3 is 1.73 bits per heavy atom. The van der Waals surface area contributed by atoms with Crippen LogP contribution in [0.1, 0.15) is 51.4 Å². The highest BCUT2D eigenvalue weighted by atomic mass is 14.5. The first-order chi connectivity index (χ1) is 5.39. The molecule has 0 aromatic carbocycles. The summed E-state index contributed by atoms with van der Waals surface area (Å²) >= 11 is 0. The van der Waals surface area contributed by atoms with Gasteiger partial charge in [-0.1, -0.05) is 0 Å². The van der Waals surface area contributed by atoms with Crippen LogP contribution in [0.4, 0.5) is 0 Å². The quantitative estimate of drug-likeness (QED) is 0.537. The summed E-state index contributed by atoms with van der Waals surface area (Å²) in [5.74, 6) is 2.33. The zero-order chi connectivity index (χ0) is 7.31. The first-order valence-corrected chi connectivity index (χ1v) is 5.39. The second-order valence-corrected chi connectivity index (χ2v) is 5.12. The van der Waals surface area contributed by atoms with E-state index in [2.05, 4.69) is 0 Å². The van der Waals surface area contributed by atoms with Crippen molar-refractivity contribution in [1.29, 1.82) is 0 Å². The molecule has 0 nitrogen and oxygen atoms in total. The van der Waals surface area contributed by atoms with E-state index in [0.717, 1.165) is 11.3 Å². The second-order valence-electron chi connectivity index (χ2n) is 5.12. The predicted molar refractivity (Wildman–Crippen MR) is 46.3 cm³/mol. The van der Waals surface area contributed by atoms with Gasteiger partial charge in [0.25, 0.3) is 0 Å². The molecule has 62 valence electrons. The summed E-state index contributed by atoms with van der Waals surface area (Å²) in [5, 5.41) is 0. The zero-order valence-corrected chi connectivity index (χ0v) is 7.31. The smallest absolute Gasteiger partial charge is 0.0269 e. The highest BCUT2D eigenvalue weighted by Crippen LogP contribution is 2.61. The fourth-order valence-corrected chi connectivity index (χ4v) is 3.59. The topological polar surface area (TPSA) is 0 Å². The molecule has 11 heavy (non-hydrogen) atoms. The van der Waals surface area contributed by atoms with E-state index in [4.69, 9.17) is 0 Å². The molecule has 0 saturated heterocycles. The predicted octanol–water partition coefficient (Wildman–Crippen LogP) is 3.37. The molecule has 0 unspecified atom stereocenters. The second kappa shape index (κ2) is 2.02. The molecule has 4 fully saturated rings. The highest BCUT2D eigenvalue weighted by Gasteiger charge is 2.49. The summed E-state index contributed by atoms with van der Waals surface area (Å²) in [6.07, 6.45) is 12.7. The molecule has 0 N–H and O–H groups in total. The molecule has 0 aliphatic heterocycles. The standard InChI is InChI=1S/C11H18/c1-2-10(1)11-6-3-9(4-7-11)5-8-11/h9-10H,1-8H2. The minimum absolute atomic E-state index is 0.898. The molecule has 4 rings (SSSR count). The van der Waals surface area contributed by atoms with Crippen LogP contribution in [0.15, 0.2) is 0 Å². The largest absolute Gasteiger partial charge is 0.0499 e. The third-order valence-corrected chi connectivity index (χ3v) is 4.59. The van der Waals surface area contributed by atoms with E-state index in [1.54, 1.807) is 51.4 Å². The van der Waals surface area contributed by atoms with E-state index in [1.807, 2.05) is 0 Å². The fraction of sp³-hybridized carbons (Fsp3) is 1.00. The Labute approximate surface area is 69.4 Å². The first-order valence-electron chi connectivity index (χ1n) is 5.39. The Morgan fingerprint density at radius 2 is 1.27 bits per heavy atom. The summed E-state index contributed by atoms with van der Waals surface area (Å²) in [6.45, 7) is 0. The van der Waals surface area contributed by atoms with Crippen molar-refractivity contribution < 1.29 is 0 Å². The number of hydrogen-bond acceptors (Lipinski definition) is 0. The Bertz CT molecular complexity index is 145. The van der Waals surface area contributed by atoms with Crippen LogP contribution in [-0.2, 0) is 0 Å². The normalized spacial score (nSPS) is 49.6. The van der Waals surface area contributed by atoms with Gasteiger partial charge in [-0.15, -0.1) is 0 Å². The van der Waals surface area contributed by atoms with Gasteiger partial charge < -0.3 is 0 Å². The third-order valence-electron chi connectivity index (χ3n) is 4.59. The molecule has 0 atom stereocenters. The van der Waals surface area contributed by atoms with Crippen molar-refractivity contribution in [3.63, 3.8) is 0 Å². The molecular formula is C11H18. The van der Waals surface area contributed by atoms with Gasteiger partial charge in [0.05, 0.1) is 0 Å². The Kier molecular flexibility index (Phi) is 1.20. The highest BCUT2D eigenvalue weighted by molar-refractivity contribution is 5.00. The van der Waals surface area contributed by atoms with Crippen molar-refractivity contribution >= 4 is 0 Å².